The van der Waals surface area contributed by atoms with Crippen molar-refractivity contribution in [2.24, 2.45) is 0 Å². The number of amides is 1. The fourth-order valence-electron chi connectivity index (χ4n) is 2.69. The van der Waals surface area contributed by atoms with Crippen LogP contribution in [0.1, 0.15) is 21.7 Å². The highest BCUT2D eigenvalue weighted by atomic mass is 79.9. The van der Waals surface area contributed by atoms with Gasteiger partial charge >= 0.3 is 6.18 Å². The first-order valence-electron chi connectivity index (χ1n) is 8.60. The lowest BCUT2D eigenvalue weighted by Crippen LogP contribution is -2.35. The van der Waals surface area contributed by atoms with Gasteiger partial charge in [0.05, 0.1) is 5.56 Å². The molecule has 3 rings (SSSR count). The first-order chi connectivity index (χ1) is 13.6. The number of rotatable bonds is 6. The fraction of sp³-hybridized carbons (Fsp3) is 0.250. The van der Waals surface area contributed by atoms with E-state index in [0.29, 0.717) is 11.1 Å². The summed E-state index contributed by atoms with van der Waals surface area (Å²) in [6.45, 7) is 1.45. The van der Waals surface area contributed by atoms with Crippen LogP contribution in [0.25, 0.3) is 11.0 Å². The van der Waals surface area contributed by atoms with Crippen molar-refractivity contribution < 1.29 is 32.2 Å². The quantitative estimate of drug-likeness (QED) is 0.546. The lowest BCUT2D eigenvalue weighted by molar-refractivity contribution is -0.137. The van der Waals surface area contributed by atoms with Gasteiger partial charge in [-0.2, -0.15) is 13.2 Å². The second-order valence-corrected chi connectivity index (χ2v) is 7.31. The van der Waals surface area contributed by atoms with E-state index in [0.717, 1.165) is 22.0 Å². The normalized spacial score (nSPS) is 12.8. The van der Waals surface area contributed by atoms with Crippen LogP contribution in [-0.2, 0) is 6.18 Å². The predicted octanol–water partition coefficient (Wildman–Crippen LogP) is 4.69. The number of aliphatic hydroxyl groups is 1. The van der Waals surface area contributed by atoms with Gasteiger partial charge in [-0.05, 0) is 49.4 Å². The number of aliphatic hydroxyl groups excluding tert-OH is 1. The van der Waals surface area contributed by atoms with Crippen LogP contribution in [0.5, 0.6) is 5.75 Å². The average molecular weight is 472 g/mol. The third-order valence-electron chi connectivity index (χ3n) is 4.23. The van der Waals surface area contributed by atoms with Crippen LogP contribution in [-0.4, -0.2) is 30.3 Å². The summed E-state index contributed by atoms with van der Waals surface area (Å²) in [5.74, 6) is -0.153. The summed E-state index contributed by atoms with van der Waals surface area (Å²) in [5.41, 5.74) is 0.460. The molecule has 0 saturated carbocycles. The van der Waals surface area contributed by atoms with Crippen LogP contribution in [0.15, 0.2) is 51.4 Å². The molecule has 2 aromatic carbocycles. The van der Waals surface area contributed by atoms with E-state index in [1.165, 1.54) is 12.1 Å². The summed E-state index contributed by atoms with van der Waals surface area (Å²) >= 11 is 3.37. The van der Waals surface area contributed by atoms with E-state index in [4.69, 9.17) is 9.15 Å². The maximum absolute atomic E-state index is 12.5. The molecule has 1 amide bonds. The number of benzene rings is 2. The Balaban J connectivity index is 1.53. The van der Waals surface area contributed by atoms with Gasteiger partial charge in [0, 0.05) is 22.0 Å². The van der Waals surface area contributed by atoms with Gasteiger partial charge in [0.15, 0.2) is 5.76 Å². The number of aryl methyl sites for hydroxylation is 1. The number of hydrogen-bond donors (Lipinski definition) is 2. The molecule has 0 saturated heterocycles. The van der Waals surface area contributed by atoms with Crippen molar-refractivity contribution in [3.05, 3.63) is 63.8 Å². The molecule has 0 aliphatic heterocycles. The highest BCUT2D eigenvalue weighted by Crippen LogP contribution is 2.30. The lowest BCUT2D eigenvalue weighted by atomic mass is 10.1. The minimum absolute atomic E-state index is 0.111. The Morgan fingerprint density at radius 1 is 1.24 bits per heavy atom. The van der Waals surface area contributed by atoms with Crippen molar-refractivity contribution in [2.45, 2.75) is 19.2 Å². The smallest absolute Gasteiger partial charge is 0.416 e. The van der Waals surface area contributed by atoms with Crippen LogP contribution < -0.4 is 10.1 Å². The van der Waals surface area contributed by atoms with E-state index < -0.39 is 23.8 Å². The number of nitrogens with one attached hydrogen (secondary N) is 1. The lowest BCUT2D eigenvalue weighted by Gasteiger charge is -2.13. The summed E-state index contributed by atoms with van der Waals surface area (Å²) in [6.07, 6.45) is -5.48. The van der Waals surface area contributed by atoms with E-state index in [-0.39, 0.29) is 24.7 Å². The summed E-state index contributed by atoms with van der Waals surface area (Å²) in [6, 6.07) is 9.52. The molecular weight excluding hydrogens is 455 g/mol. The maximum Gasteiger partial charge on any atom is 0.416 e. The Kier molecular flexibility index (Phi) is 6.18. The first-order valence-corrected chi connectivity index (χ1v) is 9.39. The number of carbonyl (C=O) groups is 1. The summed E-state index contributed by atoms with van der Waals surface area (Å²) in [7, 11) is 0. The standard InChI is InChI=1S/C20H17BrF3NO4/c1-11-16-8-13(21)4-7-17(16)29-18(11)19(27)25-9-14(26)10-28-15-5-2-12(3-6-15)20(22,23)24/h2-8,14,26H,9-10H2,1H3,(H,25,27). The topological polar surface area (TPSA) is 71.7 Å². The van der Waals surface area contributed by atoms with Gasteiger partial charge < -0.3 is 19.6 Å². The molecule has 1 aromatic heterocycles. The monoisotopic (exact) mass is 471 g/mol. The van der Waals surface area contributed by atoms with Gasteiger partial charge in [-0.1, -0.05) is 15.9 Å². The molecule has 0 radical (unpaired) electrons. The van der Waals surface area contributed by atoms with Gasteiger partial charge in [-0.25, -0.2) is 0 Å². The molecule has 154 valence electrons. The van der Waals surface area contributed by atoms with Crippen LogP contribution in [0.2, 0.25) is 0 Å². The molecule has 1 heterocycles. The molecule has 29 heavy (non-hydrogen) atoms. The minimum Gasteiger partial charge on any atom is -0.491 e. The molecule has 0 aliphatic carbocycles. The van der Waals surface area contributed by atoms with Gasteiger partial charge in [0.2, 0.25) is 0 Å². The van der Waals surface area contributed by atoms with Crippen molar-refractivity contribution in [3.8, 4) is 5.75 Å². The van der Waals surface area contributed by atoms with Gasteiger partial charge in [0.1, 0.15) is 24.0 Å². The molecule has 0 aliphatic rings. The van der Waals surface area contributed by atoms with E-state index in [1.807, 2.05) is 6.07 Å². The van der Waals surface area contributed by atoms with E-state index in [2.05, 4.69) is 21.2 Å². The number of carbonyl (C=O) groups excluding carboxylic acids is 1. The zero-order valence-electron chi connectivity index (χ0n) is 15.2. The second-order valence-electron chi connectivity index (χ2n) is 6.39. The molecule has 1 unspecified atom stereocenters. The Morgan fingerprint density at radius 3 is 2.59 bits per heavy atom. The molecule has 5 nitrogen and oxygen atoms in total. The second kappa shape index (κ2) is 8.46. The molecule has 0 fully saturated rings. The summed E-state index contributed by atoms with van der Waals surface area (Å²) in [4.78, 5) is 12.4. The van der Waals surface area contributed by atoms with Crippen LogP contribution in [0, 0.1) is 6.92 Å². The van der Waals surface area contributed by atoms with Crippen LogP contribution >= 0.6 is 15.9 Å². The zero-order chi connectivity index (χ0) is 21.2. The Hall–Kier alpha value is -2.52. The first kappa shape index (κ1) is 21.2. The van der Waals surface area contributed by atoms with Gasteiger partial charge in [0.25, 0.3) is 5.91 Å². The summed E-state index contributed by atoms with van der Waals surface area (Å²) in [5, 5.41) is 13.3. The highest BCUT2D eigenvalue weighted by molar-refractivity contribution is 9.10. The third kappa shape index (κ3) is 5.10. The third-order valence-corrected chi connectivity index (χ3v) is 4.72. The molecule has 2 N–H and O–H groups in total. The molecular formula is C20H17BrF3NO4. The zero-order valence-corrected chi connectivity index (χ0v) is 16.8. The maximum atomic E-state index is 12.5. The van der Waals surface area contributed by atoms with Crippen molar-refractivity contribution in [3.63, 3.8) is 0 Å². The molecule has 0 bridgehead atoms. The number of hydrogen-bond acceptors (Lipinski definition) is 4. The number of halogens is 4. The summed E-state index contributed by atoms with van der Waals surface area (Å²) < 4.78 is 49.3. The van der Waals surface area contributed by atoms with Crippen molar-refractivity contribution in [2.75, 3.05) is 13.2 Å². The average Bonchev–Trinajstić information content (AvgIpc) is 3.00. The number of ether oxygens (including phenoxy) is 1. The van der Waals surface area contributed by atoms with Crippen LogP contribution in [0.4, 0.5) is 13.2 Å². The van der Waals surface area contributed by atoms with Crippen molar-refractivity contribution in [1.82, 2.24) is 5.32 Å². The predicted molar refractivity (Wildman–Crippen MR) is 104 cm³/mol. The Morgan fingerprint density at radius 2 is 1.93 bits per heavy atom. The van der Waals surface area contributed by atoms with E-state index >= 15 is 0 Å². The SMILES string of the molecule is Cc1c(C(=O)NCC(O)COc2ccc(C(F)(F)F)cc2)oc2ccc(Br)cc12. The number of furan rings is 1. The van der Waals surface area contributed by atoms with E-state index in [1.54, 1.807) is 19.1 Å². The fourth-order valence-corrected chi connectivity index (χ4v) is 3.05. The molecule has 1 atom stereocenters. The molecule has 3 aromatic rings. The Bertz CT molecular complexity index is 1010. The van der Waals surface area contributed by atoms with Gasteiger partial charge in [-0.3, -0.25) is 4.79 Å². The Labute approximate surface area is 172 Å². The van der Waals surface area contributed by atoms with Crippen LogP contribution in [0.3, 0.4) is 0 Å². The van der Waals surface area contributed by atoms with E-state index in [9.17, 15) is 23.1 Å². The van der Waals surface area contributed by atoms with Gasteiger partial charge in [-0.15, -0.1) is 0 Å². The minimum atomic E-state index is -4.42. The number of alkyl halides is 3. The van der Waals surface area contributed by atoms with Crippen molar-refractivity contribution >= 4 is 32.8 Å². The largest absolute Gasteiger partial charge is 0.491 e. The number of fused-ring (bicyclic) bond motifs is 1. The molecule has 0 spiro atoms. The molecule has 9 heteroatoms. The van der Waals surface area contributed by atoms with Crippen molar-refractivity contribution in [1.29, 1.82) is 0 Å². The highest BCUT2D eigenvalue weighted by Gasteiger charge is 2.30.